The monoisotopic (exact) mass is 1030 g/mol. The lowest BCUT2D eigenvalue weighted by molar-refractivity contribution is 0.0986. The molecule has 0 spiro atoms. The Morgan fingerprint density at radius 1 is 0.457 bits per heavy atom. The van der Waals surface area contributed by atoms with E-state index in [1.165, 1.54) is 23.8 Å². The smallest absolute Gasteiger partial charge is 0.258 e. The third-order valence-electron chi connectivity index (χ3n) is 13.0. The van der Waals surface area contributed by atoms with E-state index in [2.05, 4.69) is 5.32 Å². The van der Waals surface area contributed by atoms with E-state index < -0.39 is 10.5 Å². The Morgan fingerprint density at radius 3 is 1.21 bits per heavy atom. The van der Waals surface area contributed by atoms with Crippen molar-refractivity contribution >= 4 is 130 Å². The van der Waals surface area contributed by atoms with Gasteiger partial charge in [-0.2, -0.15) is 0 Å². The zero-order valence-corrected chi connectivity index (χ0v) is 40.8. The molecule has 10 nitrogen and oxygen atoms in total. The molecule has 0 aromatic heterocycles. The SMILES string of the molecule is O=C(Cl)c1cccc(C(=O)Cl)c1.O=C(c1cccc(C(=O)N2C[C@@H](CCl)c3c2cc(O)c2ccccc32)c1)N1C[C@@H](CCl)c2c1cc(O)c1ccccc21.Oc1cc2c(c3ccccc13)[C@H](CCl)CN2. The molecular formula is C55H42Cl5N3O7. The van der Waals surface area contributed by atoms with E-state index in [1.54, 1.807) is 58.3 Å². The Labute approximate surface area is 427 Å². The predicted octanol–water partition coefficient (Wildman–Crippen LogP) is 13.1. The molecule has 3 heterocycles. The van der Waals surface area contributed by atoms with Crippen LogP contribution in [0.25, 0.3) is 32.3 Å². The van der Waals surface area contributed by atoms with E-state index in [0.29, 0.717) is 75.7 Å². The van der Waals surface area contributed by atoms with Gasteiger partial charge in [0.25, 0.3) is 22.3 Å². The molecule has 0 saturated carbocycles. The van der Waals surface area contributed by atoms with Crippen LogP contribution in [-0.2, 0) is 0 Å². The molecule has 3 atom stereocenters. The van der Waals surface area contributed by atoms with Crippen LogP contribution in [0.15, 0.2) is 140 Å². The highest BCUT2D eigenvalue weighted by Gasteiger charge is 2.37. The number of aromatic hydroxyl groups is 3. The lowest BCUT2D eigenvalue weighted by atomic mass is 9.95. The quantitative estimate of drug-likeness (QED) is 0.0911. The van der Waals surface area contributed by atoms with E-state index in [1.807, 2.05) is 72.8 Å². The molecule has 0 saturated heterocycles. The average Bonchev–Trinajstić information content (AvgIpc) is 4.10. The molecule has 8 aromatic rings. The number of alkyl halides is 3. The molecule has 70 heavy (non-hydrogen) atoms. The van der Waals surface area contributed by atoms with Gasteiger partial charge in [-0.05, 0) is 80.3 Å². The van der Waals surface area contributed by atoms with Crippen molar-refractivity contribution < 1.29 is 34.5 Å². The second-order valence-electron chi connectivity index (χ2n) is 17.1. The van der Waals surface area contributed by atoms with Crippen molar-refractivity contribution in [2.45, 2.75) is 17.8 Å². The molecule has 2 amide bonds. The van der Waals surface area contributed by atoms with Gasteiger partial charge >= 0.3 is 0 Å². The first-order valence-corrected chi connectivity index (χ1v) is 24.6. The summed E-state index contributed by atoms with van der Waals surface area (Å²) in [5.74, 6) is 1.35. The number of hydrogen-bond acceptors (Lipinski definition) is 8. The van der Waals surface area contributed by atoms with Gasteiger partial charge in [0.05, 0.1) is 11.4 Å². The van der Waals surface area contributed by atoms with Gasteiger partial charge in [-0.15, -0.1) is 34.8 Å². The summed E-state index contributed by atoms with van der Waals surface area (Å²) in [7, 11) is 0. The fourth-order valence-electron chi connectivity index (χ4n) is 9.78. The molecule has 0 radical (unpaired) electrons. The second-order valence-corrected chi connectivity index (χ2v) is 18.7. The molecule has 15 heteroatoms. The van der Waals surface area contributed by atoms with Crippen molar-refractivity contribution in [2.75, 3.05) is 52.4 Å². The van der Waals surface area contributed by atoms with Crippen molar-refractivity contribution in [3.63, 3.8) is 0 Å². The van der Waals surface area contributed by atoms with Crippen molar-refractivity contribution in [3.05, 3.63) is 178 Å². The number of nitrogens with zero attached hydrogens (tertiary/aromatic N) is 2. The fourth-order valence-corrected chi connectivity index (χ4v) is 10.8. The number of anilines is 3. The first-order valence-electron chi connectivity index (χ1n) is 22.2. The highest BCUT2D eigenvalue weighted by molar-refractivity contribution is 6.69. The van der Waals surface area contributed by atoms with Gasteiger partial charge in [-0.25, -0.2) is 0 Å². The first-order chi connectivity index (χ1) is 33.8. The number of nitrogens with one attached hydrogen (secondary N) is 1. The standard InChI is InChI=1S/C34H26Cl2N2O4.C13H12ClNO.C8H4Cl2O2/c35-15-21-17-37(27-13-29(39)23-8-1-3-10-25(23)31(21)27)33(41)19-6-5-7-20(12-19)34(42)38-18-22(16-36)32-26-11-4-2-9-24(26)30(40)14-28(32)38;14-6-8-7-15-11-5-12(16)9-3-1-2-4-10(9)13(8)11;9-7(11)5-2-1-3-6(4-5)8(10)12/h1-14,21-22,39-40H,15-18H2;1-5,8,15-16H,6-7H2;1-4H/t21-,22-;8-;/m11./s1. The average molecular weight is 1030 g/mol. The number of phenolic OH excluding ortho intramolecular Hbond substituents is 3. The molecule has 3 aliphatic heterocycles. The maximum atomic E-state index is 13.9. The molecule has 354 valence electrons. The van der Waals surface area contributed by atoms with Crippen LogP contribution in [-0.4, -0.2) is 74.9 Å². The van der Waals surface area contributed by atoms with Gasteiger partial charge in [0.15, 0.2) is 0 Å². The van der Waals surface area contributed by atoms with Crippen LogP contribution in [0.1, 0.15) is 75.9 Å². The molecule has 3 aliphatic rings. The van der Waals surface area contributed by atoms with Gasteiger partial charge in [0.2, 0.25) is 0 Å². The molecule has 0 bridgehead atoms. The zero-order valence-electron chi connectivity index (χ0n) is 37.0. The second kappa shape index (κ2) is 20.4. The highest BCUT2D eigenvalue weighted by Crippen LogP contribution is 2.48. The number of hydrogen-bond donors (Lipinski definition) is 4. The summed E-state index contributed by atoms with van der Waals surface area (Å²) in [5, 5.41) is 38.7. The number of carbonyl (C=O) groups excluding carboxylic acids is 4. The van der Waals surface area contributed by atoms with Gasteiger partial charge in [0, 0.05) is 117 Å². The number of benzene rings is 8. The summed E-state index contributed by atoms with van der Waals surface area (Å²) < 4.78 is 0. The molecule has 4 N–H and O–H groups in total. The Morgan fingerprint density at radius 2 is 0.814 bits per heavy atom. The number of phenols is 3. The molecule has 8 aromatic carbocycles. The molecule has 0 unspecified atom stereocenters. The lowest BCUT2D eigenvalue weighted by Gasteiger charge is -2.21. The van der Waals surface area contributed by atoms with E-state index in [4.69, 9.17) is 58.0 Å². The van der Waals surface area contributed by atoms with E-state index in [0.717, 1.165) is 44.9 Å². The maximum Gasteiger partial charge on any atom is 0.258 e. The maximum absolute atomic E-state index is 13.9. The lowest BCUT2D eigenvalue weighted by Crippen LogP contribution is -2.32. The summed E-state index contributed by atoms with van der Waals surface area (Å²) in [6.45, 7) is 1.59. The molecule has 0 aliphatic carbocycles. The topological polar surface area (TPSA) is 147 Å². The normalized spacial score (nSPS) is 16.4. The van der Waals surface area contributed by atoms with Gasteiger partial charge in [-0.1, -0.05) is 97.1 Å². The van der Waals surface area contributed by atoms with Crippen LogP contribution in [0.3, 0.4) is 0 Å². The van der Waals surface area contributed by atoms with Crippen LogP contribution >= 0.6 is 58.0 Å². The Kier molecular flexibility index (Phi) is 14.2. The Hall–Kier alpha value is -6.53. The van der Waals surface area contributed by atoms with Gasteiger partial charge < -0.3 is 30.4 Å². The van der Waals surface area contributed by atoms with Crippen molar-refractivity contribution in [2.24, 2.45) is 0 Å². The Bertz CT molecular complexity index is 3240. The largest absolute Gasteiger partial charge is 0.507 e. The third kappa shape index (κ3) is 9.06. The van der Waals surface area contributed by atoms with E-state index in [9.17, 15) is 34.5 Å². The minimum absolute atomic E-state index is 0.0959. The van der Waals surface area contributed by atoms with Crippen LogP contribution in [0, 0.1) is 0 Å². The highest BCUT2D eigenvalue weighted by atomic mass is 35.5. The predicted molar refractivity (Wildman–Crippen MR) is 282 cm³/mol. The fraction of sp³-hybridized carbons (Fsp3) is 0.164. The minimum Gasteiger partial charge on any atom is -0.507 e. The van der Waals surface area contributed by atoms with Gasteiger partial charge in [0.1, 0.15) is 17.2 Å². The van der Waals surface area contributed by atoms with Crippen molar-refractivity contribution in [1.82, 2.24) is 0 Å². The van der Waals surface area contributed by atoms with Crippen LogP contribution in [0.5, 0.6) is 17.2 Å². The van der Waals surface area contributed by atoms with E-state index in [-0.39, 0.29) is 46.3 Å². The minimum atomic E-state index is -0.602. The summed E-state index contributed by atoms with van der Waals surface area (Å²) in [6, 6.07) is 40.7. The summed E-state index contributed by atoms with van der Waals surface area (Å²) in [5.41, 5.74) is 6.61. The first kappa shape index (κ1) is 48.5. The molecular weight excluding hydrogens is 992 g/mol. The third-order valence-corrected chi connectivity index (χ3v) is 14.6. The van der Waals surface area contributed by atoms with Crippen molar-refractivity contribution in [1.29, 1.82) is 0 Å². The summed E-state index contributed by atoms with van der Waals surface area (Å²) >= 11 is 29.1. The number of rotatable bonds is 7. The van der Waals surface area contributed by atoms with Crippen LogP contribution in [0.2, 0.25) is 0 Å². The molecule has 11 rings (SSSR count). The zero-order chi connectivity index (χ0) is 49.4. The van der Waals surface area contributed by atoms with Crippen molar-refractivity contribution in [3.8, 4) is 17.2 Å². The van der Waals surface area contributed by atoms with E-state index >= 15 is 0 Å². The molecule has 0 fully saturated rings. The van der Waals surface area contributed by atoms with Crippen LogP contribution in [0.4, 0.5) is 17.1 Å². The van der Waals surface area contributed by atoms with Crippen LogP contribution < -0.4 is 15.1 Å². The number of fused-ring (bicyclic) bond motifs is 9. The number of halogens is 5. The number of amides is 2. The summed E-state index contributed by atoms with van der Waals surface area (Å²) in [6.07, 6.45) is 0. The van der Waals surface area contributed by atoms with Gasteiger partial charge in [-0.3, -0.25) is 19.2 Å². The Balaban J connectivity index is 0.000000176. The summed E-state index contributed by atoms with van der Waals surface area (Å²) in [4.78, 5) is 52.4. The number of carbonyl (C=O) groups is 4.